The fraction of sp³-hybridized carbons (Fsp3) is 0.429. The molecule has 0 radical (unpaired) electrons. The van der Waals surface area contributed by atoms with E-state index < -0.39 is 11.4 Å². The van der Waals surface area contributed by atoms with Crippen molar-refractivity contribution in [3.63, 3.8) is 0 Å². The van der Waals surface area contributed by atoms with E-state index in [1.165, 1.54) is 0 Å². The molecule has 0 atom stereocenters. The van der Waals surface area contributed by atoms with Crippen LogP contribution in [0.4, 0.5) is 10.5 Å². The highest BCUT2D eigenvalue weighted by atomic mass is 79.9. The van der Waals surface area contributed by atoms with E-state index in [1.54, 1.807) is 30.0 Å². The van der Waals surface area contributed by atoms with Crippen molar-refractivity contribution in [1.29, 1.82) is 0 Å². The first kappa shape index (κ1) is 16.1. The fourth-order valence-electron chi connectivity index (χ4n) is 2.20. The SMILES string of the molecule is CC1(C(=O)O)CCN(C(=O)Nc2ccc(Br)cc2Cl)CC1. The molecule has 0 aromatic heterocycles. The maximum Gasteiger partial charge on any atom is 0.321 e. The number of nitrogens with one attached hydrogen (secondary N) is 1. The zero-order valence-electron chi connectivity index (χ0n) is 11.5. The second kappa shape index (κ2) is 6.23. The van der Waals surface area contributed by atoms with Gasteiger partial charge in [0.05, 0.1) is 16.1 Å². The van der Waals surface area contributed by atoms with E-state index in [0.717, 1.165) is 4.47 Å². The van der Waals surface area contributed by atoms with Crippen LogP contribution in [0.1, 0.15) is 19.8 Å². The Kier molecular flexibility index (Phi) is 4.78. The molecule has 1 aliphatic heterocycles. The number of hydrogen-bond acceptors (Lipinski definition) is 2. The zero-order valence-corrected chi connectivity index (χ0v) is 13.9. The Morgan fingerprint density at radius 2 is 2.00 bits per heavy atom. The van der Waals surface area contributed by atoms with E-state index in [9.17, 15) is 14.7 Å². The number of hydrogen-bond donors (Lipinski definition) is 2. The summed E-state index contributed by atoms with van der Waals surface area (Å²) in [5.41, 5.74) is -0.206. The van der Waals surface area contributed by atoms with Gasteiger partial charge in [-0.3, -0.25) is 4.79 Å². The van der Waals surface area contributed by atoms with Gasteiger partial charge in [-0.1, -0.05) is 27.5 Å². The maximum atomic E-state index is 12.2. The molecule has 21 heavy (non-hydrogen) atoms. The van der Waals surface area contributed by atoms with Crippen molar-refractivity contribution in [1.82, 2.24) is 4.90 Å². The van der Waals surface area contributed by atoms with Gasteiger partial charge in [-0.05, 0) is 38.0 Å². The van der Waals surface area contributed by atoms with Crippen LogP contribution < -0.4 is 5.32 Å². The lowest BCUT2D eigenvalue weighted by Crippen LogP contribution is -2.46. The van der Waals surface area contributed by atoms with Crippen LogP contribution in [0, 0.1) is 5.41 Å². The molecule has 1 saturated heterocycles. The standard InChI is InChI=1S/C14H16BrClN2O3/c1-14(12(19)20)4-6-18(7-5-14)13(21)17-11-3-2-9(15)8-10(11)16/h2-3,8H,4-7H2,1H3,(H,17,21)(H,19,20). The minimum atomic E-state index is -0.807. The molecule has 0 unspecified atom stereocenters. The number of carboxylic acid groups (broad SMARTS) is 1. The second-order valence-electron chi connectivity index (χ2n) is 5.41. The van der Waals surface area contributed by atoms with E-state index >= 15 is 0 Å². The van der Waals surface area contributed by atoms with Gasteiger partial charge >= 0.3 is 12.0 Å². The minimum Gasteiger partial charge on any atom is -0.481 e. The van der Waals surface area contributed by atoms with Crippen molar-refractivity contribution in [2.24, 2.45) is 5.41 Å². The number of carbonyl (C=O) groups is 2. The van der Waals surface area contributed by atoms with E-state index in [0.29, 0.717) is 36.6 Å². The van der Waals surface area contributed by atoms with Crippen molar-refractivity contribution < 1.29 is 14.7 Å². The van der Waals surface area contributed by atoms with Crippen LogP contribution in [0.15, 0.2) is 22.7 Å². The Bertz CT molecular complexity index is 571. The van der Waals surface area contributed by atoms with E-state index in [1.807, 2.05) is 0 Å². The van der Waals surface area contributed by atoms with Crippen molar-refractivity contribution in [3.05, 3.63) is 27.7 Å². The minimum absolute atomic E-state index is 0.258. The van der Waals surface area contributed by atoms with Crippen LogP contribution in [0.3, 0.4) is 0 Å². The van der Waals surface area contributed by atoms with Gasteiger partial charge in [-0.15, -0.1) is 0 Å². The number of carbonyl (C=O) groups excluding carboxylic acids is 1. The molecule has 5 nitrogen and oxygen atoms in total. The molecule has 0 saturated carbocycles. The molecule has 7 heteroatoms. The largest absolute Gasteiger partial charge is 0.481 e. The number of halogens is 2. The normalized spacial score (nSPS) is 17.4. The average Bonchev–Trinajstić information content (AvgIpc) is 2.42. The highest BCUT2D eigenvalue weighted by Gasteiger charge is 2.38. The highest BCUT2D eigenvalue weighted by Crippen LogP contribution is 2.32. The number of anilines is 1. The third-order valence-electron chi connectivity index (χ3n) is 3.84. The fourth-order valence-corrected chi connectivity index (χ4v) is 2.92. The van der Waals surface area contributed by atoms with Gasteiger partial charge in [0.25, 0.3) is 0 Å². The monoisotopic (exact) mass is 374 g/mol. The van der Waals surface area contributed by atoms with E-state index in [2.05, 4.69) is 21.2 Å². The topological polar surface area (TPSA) is 69.6 Å². The maximum absolute atomic E-state index is 12.2. The van der Waals surface area contributed by atoms with Crippen LogP contribution in [-0.2, 0) is 4.79 Å². The van der Waals surface area contributed by atoms with Gasteiger partial charge in [-0.25, -0.2) is 4.79 Å². The van der Waals surface area contributed by atoms with Gasteiger partial charge in [-0.2, -0.15) is 0 Å². The summed E-state index contributed by atoms with van der Waals surface area (Å²) in [7, 11) is 0. The number of urea groups is 1. The Balaban J connectivity index is 1.98. The molecule has 0 bridgehead atoms. The highest BCUT2D eigenvalue weighted by molar-refractivity contribution is 9.10. The molecule has 2 amide bonds. The number of aliphatic carboxylic acids is 1. The summed E-state index contributed by atoms with van der Waals surface area (Å²) in [6.45, 7) is 2.56. The molecular formula is C14H16BrClN2O3. The second-order valence-corrected chi connectivity index (χ2v) is 6.73. The van der Waals surface area contributed by atoms with Crippen LogP contribution in [-0.4, -0.2) is 35.1 Å². The molecule has 2 rings (SSSR count). The molecular weight excluding hydrogens is 360 g/mol. The Morgan fingerprint density at radius 3 is 2.52 bits per heavy atom. The number of piperidine rings is 1. The lowest BCUT2D eigenvalue weighted by molar-refractivity contribution is -0.150. The quantitative estimate of drug-likeness (QED) is 0.825. The molecule has 2 N–H and O–H groups in total. The predicted molar refractivity (Wildman–Crippen MR) is 84.7 cm³/mol. The van der Waals surface area contributed by atoms with E-state index in [-0.39, 0.29) is 6.03 Å². The number of likely N-dealkylation sites (tertiary alicyclic amines) is 1. The van der Waals surface area contributed by atoms with Crippen LogP contribution in [0.2, 0.25) is 5.02 Å². The molecule has 114 valence electrons. The number of benzene rings is 1. The molecule has 1 heterocycles. The third-order valence-corrected chi connectivity index (χ3v) is 4.65. The molecule has 0 aliphatic carbocycles. The van der Waals surface area contributed by atoms with Gasteiger partial charge in [0, 0.05) is 17.6 Å². The van der Waals surface area contributed by atoms with Crippen LogP contribution in [0.5, 0.6) is 0 Å². The number of nitrogens with zero attached hydrogens (tertiary/aromatic N) is 1. The lowest BCUT2D eigenvalue weighted by Gasteiger charge is -2.36. The molecule has 1 aromatic rings. The summed E-state index contributed by atoms with van der Waals surface area (Å²) in [6, 6.07) is 4.95. The Morgan fingerprint density at radius 1 is 1.38 bits per heavy atom. The summed E-state index contributed by atoms with van der Waals surface area (Å²) in [6.07, 6.45) is 0.896. The van der Waals surface area contributed by atoms with E-state index in [4.69, 9.17) is 11.6 Å². The number of rotatable bonds is 2. The Labute approximate surface area is 136 Å². The summed E-state index contributed by atoms with van der Waals surface area (Å²) in [5, 5.41) is 12.4. The van der Waals surface area contributed by atoms with Gasteiger partial charge in [0.2, 0.25) is 0 Å². The first-order valence-electron chi connectivity index (χ1n) is 6.56. The zero-order chi connectivity index (χ0) is 15.6. The van der Waals surface area contributed by atoms with Crippen LogP contribution in [0.25, 0.3) is 0 Å². The first-order chi connectivity index (χ1) is 9.82. The summed E-state index contributed by atoms with van der Waals surface area (Å²) >= 11 is 9.36. The third kappa shape index (κ3) is 3.68. The van der Waals surface area contributed by atoms with Crippen LogP contribution >= 0.6 is 27.5 Å². The van der Waals surface area contributed by atoms with Crippen molar-refractivity contribution in [2.75, 3.05) is 18.4 Å². The summed E-state index contributed by atoms with van der Waals surface area (Å²) in [4.78, 5) is 25.0. The summed E-state index contributed by atoms with van der Waals surface area (Å²) in [5.74, 6) is -0.807. The first-order valence-corrected chi connectivity index (χ1v) is 7.73. The van der Waals surface area contributed by atoms with Gasteiger partial charge < -0.3 is 15.3 Å². The van der Waals surface area contributed by atoms with Crippen molar-refractivity contribution >= 4 is 45.2 Å². The Hall–Kier alpha value is -1.27. The average molecular weight is 376 g/mol. The predicted octanol–water partition coefficient (Wildman–Crippen LogP) is 3.82. The summed E-state index contributed by atoms with van der Waals surface area (Å²) < 4.78 is 0.834. The lowest BCUT2D eigenvalue weighted by atomic mass is 9.80. The molecule has 1 aliphatic rings. The smallest absolute Gasteiger partial charge is 0.321 e. The van der Waals surface area contributed by atoms with Crippen molar-refractivity contribution in [3.8, 4) is 0 Å². The number of carboxylic acids is 1. The number of amides is 2. The molecule has 1 fully saturated rings. The molecule has 0 spiro atoms. The van der Waals surface area contributed by atoms with Crippen molar-refractivity contribution in [2.45, 2.75) is 19.8 Å². The van der Waals surface area contributed by atoms with Gasteiger partial charge in [0.15, 0.2) is 0 Å². The van der Waals surface area contributed by atoms with Gasteiger partial charge in [0.1, 0.15) is 0 Å². The molecule has 1 aromatic carbocycles.